The lowest BCUT2D eigenvalue weighted by molar-refractivity contribution is -0.121. The van der Waals surface area contributed by atoms with Crippen LogP contribution in [0.2, 0.25) is 0 Å². The Kier molecular flexibility index (Phi) is 7.86. The van der Waals surface area contributed by atoms with Crippen LogP contribution in [0.5, 0.6) is 0 Å². The van der Waals surface area contributed by atoms with Gasteiger partial charge in [0, 0.05) is 24.7 Å². The number of benzene rings is 2. The van der Waals surface area contributed by atoms with Gasteiger partial charge in [-0.05, 0) is 61.1 Å². The lowest BCUT2D eigenvalue weighted by atomic mass is 10.1. The van der Waals surface area contributed by atoms with Crippen LogP contribution < -0.4 is 15.8 Å². The Hall–Kier alpha value is -2.09. The molecule has 0 aliphatic heterocycles. The van der Waals surface area contributed by atoms with Crippen molar-refractivity contribution in [3.05, 3.63) is 59.7 Å². The number of amides is 1. The predicted octanol–water partition coefficient (Wildman–Crippen LogP) is 2.42. The number of sulfonamides is 1. The number of hydrogen-bond acceptors (Lipinski definition) is 4. The second-order valence-corrected chi connectivity index (χ2v) is 8.60. The number of carbonyl (C=O) groups is 1. The minimum Gasteiger partial charge on any atom is -0.399 e. The molecule has 6 nitrogen and oxygen atoms in total. The molecule has 0 aromatic heterocycles. The Morgan fingerprint density at radius 2 is 1.54 bits per heavy atom. The highest BCUT2D eigenvalue weighted by Gasteiger charge is 2.27. The summed E-state index contributed by atoms with van der Waals surface area (Å²) in [5.74, 6) is -0.0162. The lowest BCUT2D eigenvalue weighted by Crippen LogP contribution is -2.26. The molecule has 0 heterocycles. The molecule has 0 radical (unpaired) electrons. The van der Waals surface area contributed by atoms with E-state index < -0.39 is 10.0 Å². The first-order valence-electron chi connectivity index (χ1n) is 9.15. The molecule has 8 heteroatoms. The summed E-state index contributed by atoms with van der Waals surface area (Å²) in [6.45, 7) is 0.576. The molecular weight excluding hydrogens is 398 g/mol. The highest BCUT2D eigenvalue weighted by Crippen LogP contribution is 2.22. The smallest absolute Gasteiger partial charge is 0.240 e. The van der Waals surface area contributed by atoms with Crippen molar-refractivity contribution in [1.29, 1.82) is 0 Å². The highest BCUT2D eigenvalue weighted by atomic mass is 35.5. The third-order valence-electron chi connectivity index (χ3n) is 4.49. The highest BCUT2D eigenvalue weighted by molar-refractivity contribution is 7.89. The first-order chi connectivity index (χ1) is 12.9. The Labute approximate surface area is 172 Å². The first-order valence-corrected chi connectivity index (χ1v) is 10.6. The van der Waals surface area contributed by atoms with E-state index in [0.29, 0.717) is 19.4 Å². The molecule has 0 unspecified atom stereocenters. The third kappa shape index (κ3) is 6.82. The predicted molar refractivity (Wildman–Crippen MR) is 113 cm³/mol. The minimum absolute atomic E-state index is 0. The fourth-order valence-electron chi connectivity index (χ4n) is 2.70. The summed E-state index contributed by atoms with van der Waals surface area (Å²) in [4.78, 5) is 12.2. The Balaban J connectivity index is 0.00000280. The zero-order valence-electron chi connectivity index (χ0n) is 15.6. The molecule has 0 saturated heterocycles. The van der Waals surface area contributed by atoms with Crippen LogP contribution in [0.3, 0.4) is 0 Å². The van der Waals surface area contributed by atoms with E-state index in [2.05, 4.69) is 10.0 Å². The summed E-state index contributed by atoms with van der Waals surface area (Å²) in [7, 11) is -3.42. The van der Waals surface area contributed by atoms with Crippen molar-refractivity contribution in [2.75, 3.05) is 12.3 Å². The van der Waals surface area contributed by atoms with E-state index in [-0.39, 0.29) is 29.3 Å². The van der Waals surface area contributed by atoms with Gasteiger partial charge in [-0.1, -0.05) is 24.3 Å². The maximum Gasteiger partial charge on any atom is 0.240 e. The SMILES string of the molecule is Cl.Nc1ccc(CCNC(=O)CCc2ccc(S(=O)(=O)NC3CC3)cc2)cc1. The maximum atomic E-state index is 12.1. The number of anilines is 1. The van der Waals surface area contributed by atoms with E-state index in [0.717, 1.165) is 36.1 Å². The Morgan fingerprint density at radius 1 is 0.964 bits per heavy atom. The van der Waals surface area contributed by atoms with Gasteiger partial charge in [0.05, 0.1) is 4.90 Å². The number of hydrogen-bond donors (Lipinski definition) is 3. The molecule has 1 saturated carbocycles. The number of rotatable bonds is 9. The summed E-state index contributed by atoms with van der Waals surface area (Å²) in [5.41, 5.74) is 8.44. The van der Waals surface area contributed by atoms with Crippen LogP contribution >= 0.6 is 12.4 Å². The molecule has 1 aliphatic carbocycles. The van der Waals surface area contributed by atoms with E-state index in [4.69, 9.17) is 5.73 Å². The number of carbonyl (C=O) groups excluding carboxylic acids is 1. The van der Waals surface area contributed by atoms with E-state index in [1.165, 1.54) is 0 Å². The van der Waals surface area contributed by atoms with Gasteiger partial charge in [0.2, 0.25) is 15.9 Å². The molecule has 28 heavy (non-hydrogen) atoms. The number of nitrogens with two attached hydrogens (primary N) is 1. The maximum absolute atomic E-state index is 12.1. The summed E-state index contributed by atoms with van der Waals surface area (Å²) in [6.07, 6.45) is 3.51. The Bertz CT molecular complexity index is 880. The van der Waals surface area contributed by atoms with Gasteiger partial charge in [0.15, 0.2) is 0 Å². The molecule has 4 N–H and O–H groups in total. The number of nitrogens with one attached hydrogen (secondary N) is 2. The van der Waals surface area contributed by atoms with E-state index in [1.54, 1.807) is 24.3 Å². The van der Waals surface area contributed by atoms with Gasteiger partial charge in [0.25, 0.3) is 0 Å². The van der Waals surface area contributed by atoms with Crippen LogP contribution in [0.1, 0.15) is 30.4 Å². The van der Waals surface area contributed by atoms with Crippen molar-refractivity contribution in [2.24, 2.45) is 0 Å². The van der Waals surface area contributed by atoms with Gasteiger partial charge in [-0.25, -0.2) is 13.1 Å². The van der Waals surface area contributed by atoms with Crippen LogP contribution in [0.25, 0.3) is 0 Å². The van der Waals surface area contributed by atoms with Crippen LogP contribution in [-0.4, -0.2) is 26.9 Å². The first kappa shape index (κ1) is 22.2. The summed E-state index contributed by atoms with van der Waals surface area (Å²) < 4.78 is 26.9. The van der Waals surface area contributed by atoms with Crippen molar-refractivity contribution in [1.82, 2.24) is 10.0 Å². The number of nitrogen functional groups attached to an aromatic ring is 1. The van der Waals surface area contributed by atoms with Gasteiger partial charge < -0.3 is 11.1 Å². The summed E-state index contributed by atoms with van der Waals surface area (Å²) in [6, 6.07) is 14.4. The second kappa shape index (κ2) is 9.91. The molecule has 0 spiro atoms. The van der Waals surface area contributed by atoms with Gasteiger partial charge >= 0.3 is 0 Å². The average molecular weight is 424 g/mol. The second-order valence-electron chi connectivity index (χ2n) is 6.88. The zero-order valence-corrected chi connectivity index (χ0v) is 17.2. The normalized spacial score (nSPS) is 13.6. The van der Waals surface area contributed by atoms with Crippen molar-refractivity contribution in [3.8, 4) is 0 Å². The van der Waals surface area contributed by atoms with Crippen LogP contribution in [0.4, 0.5) is 5.69 Å². The molecule has 1 amide bonds. The molecule has 3 rings (SSSR count). The third-order valence-corrected chi connectivity index (χ3v) is 6.03. The summed E-state index contributed by atoms with van der Waals surface area (Å²) in [5, 5.41) is 2.90. The van der Waals surface area contributed by atoms with Crippen molar-refractivity contribution >= 4 is 34.0 Å². The number of aryl methyl sites for hydroxylation is 1. The van der Waals surface area contributed by atoms with Gasteiger partial charge in [-0.15, -0.1) is 12.4 Å². The van der Waals surface area contributed by atoms with E-state index >= 15 is 0 Å². The fraction of sp³-hybridized carbons (Fsp3) is 0.350. The van der Waals surface area contributed by atoms with Crippen LogP contribution in [0.15, 0.2) is 53.4 Å². The monoisotopic (exact) mass is 423 g/mol. The topological polar surface area (TPSA) is 101 Å². The van der Waals surface area contributed by atoms with Crippen molar-refractivity contribution in [2.45, 2.75) is 43.0 Å². The quantitative estimate of drug-likeness (QED) is 0.539. The Morgan fingerprint density at radius 3 is 2.14 bits per heavy atom. The lowest BCUT2D eigenvalue weighted by Gasteiger charge is -2.08. The molecule has 0 bridgehead atoms. The van der Waals surface area contributed by atoms with Gasteiger partial charge in [-0.3, -0.25) is 4.79 Å². The van der Waals surface area contributed by atoms with Gasteiger partial charge in [-0.2, -0.15) is 0 Å². The molecule has 0 atom stereocenters. The van der Waals surface area contributed by atoms with E-state index in [1.807, 2.05) is 24.3 Å². The standard InChI is InChI=1S/C20H25N3O3S.ClH/c21-17-6-1-16(2-7-17)13-14-22-20(24)12-5-15-3-10-19(11-4-15)27(25,26)23-18-8-9-18;/h1-4,6-7,10-11,18,23H,5,8-9,12-14,21H2,(H,22,24);1H. The number of halogens is 1. The molecular formula is C20H26ClN3O3S. The minimum atomic E-state index is -3.42. The largest absolute Gasteiger partial charge is 0.399 e. The molecule has 2 aromatic rings. The molecule has 152 valence electrons. The summed E-state index contributed by atoms with van der Waals surface area (Å²) >= 11 is 0. The van der Waals surface area contributed by atoms with Crippen LogP contribution in [0, 0.1) is 0 Å². The molecule has 1 aliphatic rings. The molecule has 1 fully saturated rings. The van der Waals surface area contributed by atoms with Crippen molar-refractivity contribution in [3.63, 3.8) is 0 Å². The molecule has 2 aromatic carbocycles. The van der Waals surface area contributed by atoms with E-state index in [9.17, 15) is 13.2 Å². The van der Waals surface area contributed by atoms with Crippen LogP contribution in [-0.2, 0) is 27.7 Å². The fourth-order valence-corrected chi connectivity index (χ4v) is 4.01. The van der Waals surface area contributed by atoms with Gasteiger partial charge in [0.1, 0.15) is 0 Å². The zero-order chi connectivity index (χ0) is 19.3. The van der Waals surface area contributed by atoms with Crippen molar-refractivity contribution < 1.29 is 13.2 Å². The average Bonchev–Trinajstić information content (AvgIpc) is 3.45.